The number of nitrogens with zero attached hydrogens (tertiary/aromatic N) is 1. The third kappa shape index (κ3) is 3.50. The van der Waals surface area contributed by atoms with Crippen LogP contribution in [0, 0.1) is 0 Å². The van der Waals surface area contributed by atoms with Crippen LogP contribution in [0.15, 0.2) is 54.6 Å². The molecule has 23 heavy (non-hydrogen) atoms. The van der Waals surface area contributed by atoms with Crippen LogP contribution in [0.4, 0.5) is 0 Å². The number of ketones is 1. The predicted molar refractivity (Wildman–Crippen MR) is 90.4 cm³/mol. The molecule has 2 aromatic rings. The highest BCUT2D eigenvalue weighted by Crippen LogP contribution is 2.21. The Morgan fingerprint density at radius 2 is 1.65 bits per heavy atom. The van der Waals surface area contributed by atoms with Crippen molar-refractivity contribution < 1.29 is 9.59 Å². The van der Waals surface area contributed by atoms with Gasteiger partial charge in [0, 0.05) is 30.6 Å². The standard InChI is InChI=1S/C20H21NO2/c1-15(22)21-13-5-8-19(21)14-16-9-11-18(12-10-16)20(23)17-6-3-2-4-7-17/h2-4,6-7,9-12,19H,5,8,13-14H2,1H3. The fourth-order valence-electron chi connectivity index (χ4n) is 3.28. The van der Waals surface area contributed by atoms with Crippen LogP contribution in [0.3, 0.4) is 0 Å². The van der Waals surface area contributed by atoms with Crippen LogP contribution in [0.5, 0.6) is 0 Å². The second-order valence-electron chi connectivity index (χ2n) is 6.10. The lowest BCUT2D eigenvalue weighted by Gasteiger charge is -2.23. The van der Waals surface area contributed by atoms with Crippen molar-refractivity contribution >= 4 is 11.7 Å². The molecule has 0 aliphatic carbocycles. The first-order valence-electron chi connectivity index (χ1n) is 8.11. The van der Waals surface area contributed by atoms with Crippen molar-refractivity contribution in [2.45, 2.75) is 32.2 Å². The molecule has 0 bridgehead atoms. The van der Waals surface area contributed by atoms with E-state index in [4.69, 9.17) is 0 Å². The summed E-state index contributed by atoms with van der Waals surface area (Å²) in [4.78, 5) is 26.0. The summed E-state index contributed by atoms with van der Waals surface area (Å²) in [5.74, 6) is 0.201. The molecule has 1 atom stereocenters. The Labute approximate surface area is 136 Å². The lowest BCUT2D eigenvalue weighted by molar-refractivity contribution is -0.129. The van der Waals surface area contributed by atoms with Crippen LogP contribution in [-0.4, -0.2) is 29.2 Å². The van der Waals surface area contributed by atoms with Gasteiger partial charge in [-0.2, -0.15) is 0 Å². The third-order valence-electron chi connectivity index (χ3n) is 4.51. The largest absolute Gasteiger partial charge is 0.340 e. The van der Waals surface area contributed by atoms with Gasteiger partial charge in [0.25, 0.3) is 0 Å². The van der Waals surface area contributed by atoms with Crippen molar-refractivity contribution in [3.8, 4) is 0 Å². The zero-order valence-electron chi connectivity index (χ0n) is 13.4. The maximum absolute atomic E-state index is 12.4. The highest BCUT2D eigenvalue weighted by molar-refractivity contribution is 6.08. The molecule has 1 unspecified atom stereocenters. The highest BCUT2D eigenvalue weighted by atomic mass is 16.2. The van der Waals surface area contributed by atoms with Crippen molar-refractivity contribution in [2.75, 3.05) is 6.54 Å². The van der Waals surface area contributed by atoms with Gasteiger partial charge in [-0.15, -0.1) is 0 Å². The van der Waals surface area contributed by atoms with Gasteiger partial charge in [0.2, 0.25) is 5.91 Å². The normalized spacial score (nSPS) is 17.3. The van der Waals surface area contributed by atoms with E-state index in [1.165, 1.54) is 5.56 Å². The van der Waals surface area contributed by atoms with E-state index in [2.05, 4.69) is 0 Å². The third-order valence-corrected chi connectivity index (χ3v) is 4.51. The van der Waals surface area contributed by atoms with Crippen LogP contribution in [0.25, 0.3) is 0 Å². The lowest BCUT2D eigenvalue weighted by atomic mass is 9.99. The van der Waals surface area contributed by atoms with E-state index in [-0.39, 0.29) is 11.7 Å². The number of carbonyl (C=O) groups is 2. The number of hydrogen-bond donors (Lipinski definition) is 0. The Bertz CT molecular complexity index is 691. The molecule has 0 N–H and O–H groups in total. The quantitative estimate of drug-likeness (QED) is 0.811. The Hall–Kier alpha value is -2.42. The highest BCUT2D eigenvalue weighted by Gasteiger charge is 2.26. The van der Waals surface area contributed by atoms with E-state index in [9.17, 15) is 9.59 Å². The van der Waals surface area contributed by atoms with Crippen LogP contribution >= 0.6 is 0 Å². The van der Waals surface area contributed by atoms with Crippen LogP contribution in [0.1, 0.15) is 41.3 Å². The molecular formula is C20H21NO2. The monoisotopic (exact) mass is 307 g/mol. The Morgan fingerprint density at radius 1 is 1.00 bits per heavy atom. The van der Waals surface area contributed by atoms with Crippen molar-refractivity contribution in [2.24, 2.45) is 0 Å². The van der Waals surface area contributed by atoms with Crippen molar-refractivity contribution in [3.05, 3.63) is 71.3 Å². The minimum Gasteiger partial charge on any atom is -0.340 e. The molecule has 1 aliphatic heterocycles. The first-order valence-corrected chi connectivity index (χ1v) is 8.11. The molecule has 1 aliphatic rings. The summed E-state index contributed by atoms with van der Waals surface area (Å²) in [6, 6.07) is 17.4. The molecule has 2 aromatic carbocycles. The molecule has 0 spiro atoms. The molecule has 1 amide bonds. The molecular weight excluding hydrogens is 286 g/mol. The van der Waals surface area contributed by atoms with E-state index >= 15 is 0 Å². The maximum atomic E-state index is 12.4. The summed E-state index contributed by atoms with van der Waals surface area (Å²) >= 11 is 0. The maximum Gasteiger partial charge on any atom is 0.219 e. The Morgan fingerprint density at radius 3 is 2.30 bits per heavy atom. The first kappa shape index (κ1) is 15.5. The fraction of sp³-hybridized carbons (Fsp3) is 0.300. The van der Waals surface area contributed by atoms with E-state index in [0.717, 1.165) is 25.8 Å². The number of benzene rings is 2. The van der Waals surface area contributed by atoms with Gasteiger partial charge in [-0.1, -0.05) is 54.6 Å². The minimum atomic E-state index is 0.0448. The summed E-state index contributed by atoms with van der Waals surface area (Å²) in [6.07, 6.45) is 3.00. The average molecular weight is 307 g/mol. The molecule has 3 nitrogen and oxygen atoms in total. The molecule has 3 rings (SSSR count). The summed E-state index contributed by atoms with van der Waals surface area (Å²) in [5.41, 5.74) is 2.58. The fourth-order valence-corrected chi connectivity index (χ4v) is 3.28. The average Bonchev–Trinajstić information content (AvgIpc) is 3.04. The van der Waals surface area contributed by atoms with Gasteiger partial charge in [-0.25, -0.2) is 0 Å². The first-order chi connectivity index (χ1) is 11.1. The molecule has 1 saturated heterocycles. The van der Waals surface area contributed by atoms with Gasteiger partial charge in [0.15, 0.2) is 5.78 Å². The van der Waals surface area contributed by atoms with Gasteiger partial charge in [0.1, 0.15) is 0 Å². The smallest absolute Gasteiger partial charge is 0.219 e. The van der Waals surface area contributed by atoms with Crippen LogP contribution in [0.2, 0.25) is 0 Å². The number of amides is 1. The minimum absolute atomic E-state index is 0.0448. The molecule has 0 aromatic heterocycles. The van der Waals surface area contributed by atoms with E-state index in [1.54, 1.807) is 6.92 Å². The van der Waals surface area contributed by atoms with Gasteiger partial charge >= 0.3 is 0 Å². The van der Waals surface area contributed by atoms with E-state index < -0.39 is 0 Å². The Kier molecular flexibility index (Phi) is 4.56. The summed E-state index contributed by atoms with van der Waals surface area (Å²) in [5, 5.41) is 0. The van der Waals surface area contributed by atoms with Gasteiger partial charge in [-0.3, -0.25) is 9.59 Å². The van der Waals surface area contributed by atoms with Crippen molar-refractivity contribution in [1.82, 2.24) is 4.90 Å². The molecule has 0 saturated carbocycles. The number of carbonyl (C=O) groups excluding carboxylic acids is 2. The molecule has 118 valence electrons. The SMILES string of the molecule is CC(=O)N1CCCC1Cc1ccc(C(=O)c2ccccc2)cc1. The van der Waals surface area contributed by atoms with E-state index in [0.29, 0.717) is 17.2 Å². The van der Waals surface area contributed by atoms with Crippen molar-refractivity contribution in [1.29, 1.82) is 0 Å². The second kappa shape index (κ2) is 6.78. The summed E-state index contributed by atoms with van der Waals surface area (Å²) in [6.45, 7) is 2.50. The van der Waals surface area contributed by atoms with E-state index in [1.807, 2.05) is 59.5 Å². The van der Waals surface area contributed by atoms with Crippen LogP contribution in [-0.2, 0) is 11.2 Å². The lowest BCUT2D eigenvalue weighted by Crippen LogP contribution is -2.34. The molecule has 1 fully saturated rings. The summed E-state index contributed by atoms with van der Waals surface area (Å²) < 4.78 is 0. The number of rotatable bonds is 4. The van der Waals surface area contributed by atoms with Gasteiger partial charge in [-0.05, 0) is 24.8 Å². The van der Waals surface area contributed by atoms with Gasteiger partial charge in [0.05, 0.1) is 0 Å². The molecule has 0 radical (unpaired) electrons. The Balaban J connectivity index is 1.70. The summed E-state index contributed by atoms with van der Waals surface area (Å²) in [7, 11) is 0. The molecule has 3 heteroatoms. The number of likely N-dealkylation sites (tertiary alicyclic amines) is 1. The predicted octanol–water partition coefficient (Wildman–Crippen LogP) is 3.47. The van der Waals surface area contributed by atoms with Crippen molar-refractivity contribution in [3.63, 3.8) is 0 Å². The molecule has 1 heterocycles. The van der Waals surface area contributed by atoms with Crippen LogP contribution < -0.4 is 0 Å². The second-order valence-corrected chi connectivity index (χ2v) is 6.10. The topological polar surface area (TPSA) is 37.4 Å². The zero-order chi connectivity index (χ0) is 16.2. The number of hydrogen-bond acceptors (Lipinski definition) is 2. The van der Waals surface area contributed by atoms with Gasteiger partial charge < -0.3 is 4.90 Å². The zero-order valence-corrected chi connectivity index (χ0v) is 13.4.